The maximum atomic E-state index is 9.10. The van der Waals surface area contributed by atoms with Crippen molar-refractivity contribution in [1.29, 1.82) is 0 Å². The number of aryl methyl sites for hydroxylation is 1. The van der Waals surface area contributed by atoms with E-state index in [1.54, 1.807) is 11.2 Å². The first-order valence-electron chi connectivity index (χ1n) is 11.4. The van der Waals surface area contributed by atoms with Gasteiger partial charge in [-0.05, 0) is 30.9 Å². The Labute approximate surface area is 190 Å². The summed E-state index contributed by atoms with van der Waals surface area (Å²) in [6.45, 7) is 8.07. The van der Waals surface area contributed by atoms with Crippen LogP contribution in [0.4, 0.5) is 0 Å². The first kappa shape index (κ1) is 24.4. The van der Waals surface area contributed by atoms with Crippen LogP contribution < -0.4 is 11.6 Å². The Bertz CT molecular complexity index is 712. The molecular weight excluding hydrogens is 414 g/mol. The smallest absolute Gasteiger partial charge is 0.0966 e. The number of hydrazine groups is 1. The molecule has 0 aliphatic carbocycles. The Kier molecular flexibility index (Phi) is 9.15. The Morgan fingerprint density at radius 1 is 1.23 bits per heavy atom. The van der Waals surface area contributed by atoms with Crippen molar-refractivity contribution >= 4 is 11.3 Å². The van der Waals surface area contributed by atoms with Crippen molar-refractivity contribution in [3.63, 3.8) is 0 Å². The van der Waals surface area contributed by atoms with E-state index in [0.717, 1.165) is 51.1 Å². The SMILES string of the molecule is CCc1cc2c(s1)CCOC21CCN(C/C(N)=C/N(N)CCN(CCO)CCO)CC1. The number of fused-ring (bicyclic) bond motifs is 2. The van der Waals surface area contributed by atoms with Crippen molar-refractivity contribution < 1.29 is 14.9 Å². The summed E-state index contributed by atoms with van der Waals surface area (Å²) in [5.41, 5.74) is 8.33. The van der Waals surface area contributed by atoms with Gasteiger partial charge in [-0.15, -0.1) is 11.3 Å². The number of aliphatic hydroxyl groups is 2. The minimum atomic E-state index is -0.116. The molecule has 0 amide bonds. The zero-order valence-corrected chi connectivity index (χ0v) is 19.6. The van der Waals surface area contributed by atoms with Crippen molar-refractivity contribution in [2.24, 2.45) is 11.6 Å². The van der Waals surface area contributed by atoms with Gasteiger partial charge in [0.2, 0.25) is 0 Å². The summed E-state index contributed by atoms with van der Waals surface area (Å²) in [5, 5.41) is 19.8. The standard InChI is InChI=1S/C22H39N5O3S/c1-2-19-15-20-21(31-19)3-14-30-22(20)4-6-26(7-5-22)16-18(23)17-27(24)9-8-25(10-12-28)11-13-29/h15,17,28-29H,2-14,16,23-24H2,1H3/b18-17-. The molecule has 31 heavy (non-hydrogen) atoms. The average Bonchev–Trinajstić information content (AvgIpc) is 3.19. The van der Waals surface area contributed by atoms with Crippen molar-refractivity contribution in [2.45, 2.75) is 38.2 Å². The lowest BCUT2D eigenvalue weighted by atomic mass is 9.82. The van der Waals surface area contributed by atoms with Crippen LogP contribution in [0.5, 0.6) is 0 Å². The minimum Gasteiger partial charge on any atom is -0.400 e. The van der Waals surface area contributed by atoms with E-state index in [0.29, 0.717) is 32.7 Å². The molecule has 0 atom stereocenters. The highest BCUT2D eigenvalue weighted by atomic mass is 32.1. The van der Waals surface area contributed by atoms with Gasteiger partial charge in [0.15, 0.2) is 0 Å². The number of aliphatic hydroxyl groups excluding tert-OH is 2. The molecule has 3 rings (SSSR count). The molecular formula is C22H39N5O3S. The Hall–Kier alpha value is -1.20. The molecule has 1 saturated heterocycles. The van der Waals surface area contributed by atoms with E-state index in [4.69, 9.17) is 26.5 Å². The summed E-state index contributed by atoms with van der Waals surface area (Å²) in [5.74, 6) is 6.09. The molecule has 176 valence electrons. The molecule has 1 spiro atoms. The fourth-order valence-corrected chi connectivity index (χ4v) is 5.76. The van der Waals surface area contributed by atoms with E-state index in [1.807, 2.05) is 16.2 Å². The topological polar surface area (TPSA) is 111 Å². The van der Waals surface area contributed by atoms with Gasteiger partial charge in [0.1, 0.15) is 0 Å². The zero-order chi connectivity index (χ0) is 22.3. The van der Waals surface area contributed by atoms with Crippen molar-refractivity contribution in [3.05, 3.63) is 33.3 Å². The van der Waals surface area contributed by atoms with Gasteiger partial charge in [0.25, 0.3) is 0 Å². The first-order chi connectivity index (χ1) is 15.0. The Morgan fingerprint density at radius 2 is 1.94 bits per heavy atom. The van der Waals surface area contributed by atoms with E-state index in [2.05, 4.69) is 17.9 Å². The molecule has 1 aromatic rings. The van der Waals surface area contributed by atoms with Crippen molar-refractivity contribution in [3.8, 4) is 0 Å². The van der Waals surface area contributed by atoms with Crippen LogP contribution in [0.2, 0.25) is 0 Å². The van der Waals surface area contributed by atoms with Gasteiger partial charge >= 0.3 is 0 Å². The third kappa shape index (κ3) is 6.41. The van der Waals surface area contributed by atoms with Crippen LogP contribution in [0.15, 0.2) is 18.0 Å². The first-order valence-corrected chi connectivity index (χ1v) is 12.2. The quantitative estimate of drug-likeness (QED) is 0.282. The lowest BCUT2D eigenvalue weighted by Crippen LogP contribution is -2.47. The van der Waals surface area contributed by atoms with Crippen molar-refractivity contribution in [2.75, 3.05) is 65.6 Å². The molecule has 9 heteroatoms. The van der Waals surface area contributed by atoms with E-state index in [1.165, 1.54) is 15.3 Å². The molecule has 0 bridgehead atoms. The van der Waals surface area contributed by atoms with E-state index < -0.39 is 0 Å². The average molecular weight is 454 g/mol. The lowest BCUT2D eigenvalue weighted by molar-refractivity contribution is -0.0961. The molecule has 6 N–H and O–H groups in total. The van der Waals surface area contributed by atoms with Crippen LogP contribution >= 0.6 is 11.3 Å². The zero-order valence-electron chi connectivity index (χ0n) is 18.8. The molecule has 2 aliphatic rings. The molecule has 8 nitrogen and oxygen atoms in total. The fourth-order valence-electron chi connectivity index (χ4n) is 4.58. The number of hydrogen-bond donors (Lipinski definition) is 4. The van der Waals surface area contributed by atoms with Crippen LogP contribution in [-0.4, -0.2) is 90.7 Å². The largest absolute Gasteiger partial charge is 0.400 e. The lowest BCUT2D eigenvalue weighted by Gasteiger charge is -2.44. The highest BCUT2D eigenvalue weighted by Gasteiger charge is 2.41. The van der Waals surface area contributed by atoms with Crippen LogP contribution in [-0.2, 0) is 23.2 Å². The van der Waals surface area contributed by atoms with E-state index >= 15 is 0 Å². The fraction of sp³-hybridized carbons (Fsp3) is 0.727. The second kappa shape index (κ2) is 11.6. The van der Waals surface area contributed by atoms with Crippen LogP contribution in [0, 0.1) is 0 Å². The second-order valence-corrected chi connectivity index (χ2v) is 9.72. The van der Waals surface area contributed by atoms with Gasteiger partial charge in [-0.2, -0.15) is 0 Å². The summed E-state index contributed by atoms with van der Waals surface area (Å²) in [4.78, 5) is 7.33. The molecule has 0 unspecified atom stereocenters. The second-order valence-electron chi connectivity index (χ2n) is 8.50. The van der Waals surface area contributed by atoms with Gasteiger partial charge in [0, 0.05) is 73.9 Å². The molecule has 0 saturated carbocycles. The number of hydrogen-bond acceptors (Lipinski definition) is 9. The summed E-state index contributed by atoms with van der Waals surface area (Å²) in [6, 6.07) is 2.38. The predicted molar refractivity (Wildman–Crippen MR) is 124 cm³/mol. The highest BCUT2D eigenvalue weighted by molar-refractivity contribution is 7.12. The monoisotopic (exact) mass is 453 g/mol. The molecule has 1 fully saturated rings. The predicted octanol–water partition coefficient (Wildman–Crippen LogP) is 0.437. The molecule has 1 aromatic heterocycles. The molecule has 0 radical (unpaired) electrons. The summed E-state index contributed by atoms with van der Waals surface area (Å²) >= 11 is 1.96. The van der Waals surface area contributed by atoms with Crippen LogP contribution in [0.25, 0.3) is 0 Å². The van der Waals surface area contributed by atoms with Crippen molar-refractivity contribution in [1.82, 2.24) is 14.8 Å². The van der Waals surface area contributed by atoms with Crippen LogP contribution in [0.3, 0.4) is 0 Å². The van der Waals surface area contributed by atoms with Gasteiger partial charge in [-0.3, -0.25) is 9.80 Å². The normalized spacial score (nSPS) is 19.2. The number of likely N-dealkylation sites (tertiary alicyclic amines) is 1. The maximum Gasteiger partial charge on any atom is 0.0966 e. The Balaban J connectivity index is 1.49. The number of rotatable bonds is 11. The number of piperidine rings is 1. The third-order valence-electron chi connectivity index (χ3n) is 6.32. The number of nitrogens with zero attached hydrogens (tertiary/aromatic N) is 3. The van der Waals surface area contributed by atoms with Crippen LogP contribution in [0.1, 0.15) is 35.1 Å². The summed E-state index contributed by atoms with van der Waals surface area (Å²) in [6.07, 6.45) is 5.92. The molecule has 0 aromatic carbocycles. The summed E-state index contributed by atoms with van der Waals surface area (Å²) in [7, 11) is 0. The maximum absolute atomic E-state index is 9.10. The van der Waals surface area contributed by atoms with Gasteiger partial charge in [-0.1, -0.05) is 6.92 Å². The summed E-state index contributed by atoms with van der Waals surface area (Å²) < 4.78 is 6.37. The number of ether oxygens (including phenoxy) is 1. The van der Waals surface area contributed by atoms with E-state index in [-0.39, 0.29) is 18.8 Å². The van der Waals surface area contributed by atoms with Gasteiger partial charge in [0.05, 0.1) is 25.4 Å². The highest BCUT2D eigenvalue weighted by Crippen LogP contribution is 2.44. The Morgan fingerprint density at radius 3 is 2.58 bits per heavy atom. The van der Waals surface area contributed by atoms with Gasteiger partial charge < -0.3 is 25.7 Å². The minimum absolute atomic E-state index is 0.0648. The molecule has 3 heterocycles. The van der Waals surface area contributed by atoms with Gasteiger partial charge in [-0.25, -0.2) is 5.84 Å². The third-order valence-corrected chi connectivity index (χ3v) is 7.65. The number of nitrogens with two attached hydrogens (primary N) is 2. The number of thiophene rings is 1. The van der Waals surface area contributed by atoms with E-state index in [9.17, 15) is 0 Å². The molecule has 2 aliphatic heterocycles.